The van der Waals surface area contributed by atoms with Crippen LogP contribution in [0.1, 0.15) is 39.5 Å². The Hall–Kier alpha value is -2.72. The van der Waals surface area contributed by atoms with Gasteiger partial charge in [-0.05, 0) is 26.0 Å². The standard InChI is InChI=1S/C21H29N5O5/c1-3-25-15-5-6-16(23-19(15)26(4-2)20(25)29)22-17(27)7-8-18(28)24-11-9-21(10-12-24)30-13-14-31-21/h5-6H,3-4,7-14H2,1-2H3,(H,22,23,27). The summed E-state index contributed by atoms with van der Waals surface area (Å²) in [5, 5.41) is 2.74. The first-order chi connectivity index (χ1) is 15.0. The predicted molar refractivity (Wildman–Crippen MR) is 114 cm³/mol. The second kappa shape index (κ2) is 8.80. The lowest BCUT2D eigenvalue weighted by Gasteiger charge is -2.37. The zero-order chi connectivity index (χ0) is 22.0. The van der Waals surface area contributed by atoms with Crippen molar-refractivity contribution in [1.82, 2.24) is 19.0 Å². The third kappa shape index (κ3) is 4.22. The van der Waals surface area contributed by atoms with E-state index in [1.807, 2.05) is 13.8 Å². The van der Waals surface area contributed by atoms with Crippen LogP contribution < -0.4 is 11.0 Å². The fraction of sp³-hybridized carbons (Fsp3) is 0.619. The van der Waals surface area contributed by atoms with Crippen molar-refractivity contribution in [1.29, 1.82) is 0 Å². The highest BCUT2D eigenvalue weighted by molar-refractivity contribution is 5.93. The summed E-state index contributed by atoms with van der Waals surface area (Å²) in [5.41, 5.74) is 1.17. The van der Waals surface area contributed by atoms with Crippen LogP contribution >= 0.6 is 0 Å². The SMILES string of the molecule is CCn1c(=O)n(CC)c2nc(NC(=O)CCC(=O)N3CCC4(CC3)OCCO4)ccc21. The van der Waals surface area contributed by atoms with Crippen LogP contribution in [0, 0.1) is 0 Å². The van der Waals surface area contributed by atoms with E-state index in [0.29, 0.717) is 63.7 Å². The van der Waals surface area contributed by atoms with Gasteiger partial charge in [-0.2, -0.15) is 0 Å². The second-order valence-electron chi connectivity index (χ2n) is 7.85. The van der Waals surface area contributed by atoms with E-state index in [0.717, 1.165) is 5.52 Å². The average molecular weight is 431 g/mol. The van der Waals surface area contributed by atoms with Crippen LogP contribution in [0.3, 0.4) is 0 Å². The molecule has 2 aliphatic heterocycles. The van der Waals surface area contributed by atoms with Gasteiger partial charge in [-0.25, -0.2) is 9.78 Å². The number of anilines is 1. The average Bonchev–Trinajstić information content (AvgIpc) is 3.33. The van der Waals surface area contributed by atoms with Crippen LogP contribution in [0.4, 0.5) is 5.82 Å². The Kier molecular flexibility index (Phi) is 6.10. The number of carbonyl (C=O) groups is 2. The molecule has 2 aliphatic rings. The minimum Gasteiger partial charge on any atom is -0.347 e. The van der Waals surface area contributed by atoms with Crippen LogP contribution in [0.25, 0.3) is 11.2 Å². The van der Waals surface area contributed by atoms with Gasteiger partial charge in [0.25, 0.3) is 0 Å². The van der Waals surface area contributed by atoms with Crippen LogP contribution in [0.5, 0.6) is 0 Å². The molecule has 2 fully saturated rings. The molecule has 0 aliphatic carbocycles. The minimum atomic E-state index is -0.519. The van der Waals surface area contributed by atoms with E-state index in [2.05, 4.69) is 10.3 Å². The number of likely N-dealkylation sites (tertiary alicyclic amines) is 1. The number of amides is 2. The van der Waals surface area contributed by atoms with Gasteiger partial charge < -0.3 is 19.7 Å². The number of rotatable bonds is 6. The van der Waals surface area contributed by atoms with Crippen molar-refractivity contribution in [2.75, 3.05) is 31.6 Å². The van der Waals surface area contributed by atoms with Crippen molar-refractivity contribution in [2.45, 2.75) is 58.4 Å². The van der Waals surface area contributed by atoms with Crippen molar-refractivity contribution >= 4 is 28.8 Å². The third-order valence-electron chi connectivity index (χ3n) is 6.02. The lowest BCUT2D eigenvalue weighted by molar-refractivity contribution is -0.187. The van der Waals surface area contributed by atoms with E-state index >= 15 is 0 Å². The number of nitrogens with one attached hydrogen (secondary N) is 1. The Labute approximate surface area is 180 Å². The number of aromatic nitrogens is 3. The molecule has 0 radical (unpaired) electrons. The van der Waals surface area contributed by atoms with E-state index in [1.165, 1.54) is 0 Å². The van der Waals surface area contributed by atoms with Crippen LogP contribution in [-0.2, 0) is 32.2 Å². The molecule has 0 bridgehead atoms. The molecule has 0 atom stereocenters. The zero-order valence-electron chi connectivity index (χ0n) is 18.1. The highest BCUT2D eigenvalue weighted by atomic mass is 16.7. The van der Waals surface area contributed by atoms with E-state index in [9.17, 15) is 14.4 Å². The largest absolute Gasteiger partial charge is 0.347 e. The maximum absolute atomic E-state index is 12.5. The van der Waals surface area contributed by atoms with Gasteiger partial charge in [0.05, 0.1) is 18.7 Å². The van der Waals surface area contributed by atoms with Gasteiger partial charge in [0.1, 0.15) is 5.82 Å². The number of nitrogens with zero attached hydrogens (tertiary/aromatic N) is 4. The topological polar surface area (TPSA) is 108 Å². The molecule has 2 aromatic rings. The number of piperidine rings is 1. The summed E-state index contributed by atoms with van der Waals surface area (Å²) in [4.78, 5) is 43.5. The maximum atomic E-state index is 12.5. The molecule has 1 N–H and O–H groups in total. The summed E-state index contributed by atoms with van der Waals surface area (Å²) in [6, 6.07) is 3.47. The highest BCUT2D eigenvalue weighted by Gasteiger charge is 2.40. The fourth-order valence-corrected chi connectivity index (χ4v) is 4.32. The number of pyridine rings is 1. The van der Waals surface area contributed by atoms with Crippen LogP contribution in [0.15, 0.2) is 16.9 Å². The summed E-state index contributed by atoms with van der Waals surface area (Å²) in [5.74, 6) is -0.479. The molecule has 2 saturated heterocycles. The van der Waals surface area contributed by atoms with Gasteiger partial charge in [-0.15, -0.1) is 0 Å². The number of aryl methyl sites for hydroxylation is 2. The Bertz CT molecular complexity index is 1030. The maximum Gasteiger partial charge on any atom is 0.330 e. The lowest BCUT2D eigenvalue weighted by Crippen LogP contribution is -2.47. The Balaban J connectivity index is 1.33. The first-order valence-electron chi connectivity index (χ1n) is 10.9. The highest BCUT2D eigenvalue weighted by Crippen LogP contribution is 2.31. The minimum absolute atomic E-state index is 0.0498. The van der Waals surface area contributed by atoms with E-state index in [-0.39, 0.29) is 30.3 Å². The van der Waals surface area contributed by atoms with E-state index in [1.54, 1.807) is 26.2 Å². The molecular weight excluding hydrogens is 402 g/mol. The van der Waals surface area contributed by atoms with E-state index in [4.69, 9.17) is 9.47 Å². The number of ether oxygens (including phenoxy) is 2. The van der Waals surface area contributed by atoms with Gasteiger partial charge in [-0.3, -0.25) is 18.7 Å². The number of carbonyl (C=O) groups excluding carboxylic acids is 2. The molecule has 2 amide bonds. The van der Waals surface area contributed by atoms with Crippen LogP contribution in [-0.4, -0.2) is 62.9 Å². The van der Waals surface area contributed by atoms with Crippen LogP contribution in [0.2, 0.25) is 0 Å². The smallest absolute Gasteiger partial charge is 0.330 e. The van der Waals surface area contributed by atoms with Gasteiger partial charge in [0.2, 0.25) is 11.8 Å². The van der Waals surface area contributed by atoms with Gasteiger partial charge in [0.15, 0.2) is 11.4 Å². The molecule has 10 heteroatoms. The predicted octanol–water partition coefficient (Wildman–Crippen LogP) is 1.32. The van der Waals surface area contributed by atoms with Gasteiger partial charge in [-0.1, -0.05) is 0 Å². The summed E-state index contributed by atoms with van der Waals surface area (Å²) in [7, 11) is 0. The van der Waals surface area contributed by atoms with E-state index < -0.39 is 5.79 Å². The van der Waals surface area contributed by atoms with Gasteiger partial charge in [0, 0.05) is 51.9 Å². The van der Waals surface area contributed by atoms with Crippen molar-refractivity contribution in [2.24, 2.45) is 0 Å². The summed E-state index contributed by atoms with van der Waals surface area (Å²) in [6.07, 6.45) is 1.52. The van der Waals surface area contributed by atoms with Crippen molar-refractivity contribution in [3.8, 4) is 0 Å². The second-order valence-corrected chi connectivity index (χ2v) is 7.85. The lowest BCUT2D eigenvalue weighted by atomic mass is 10.0. The number of fused-ring (bicyclic) bond motifs is 1. The molecule has 168 valence electrons. The molecule has 0 unspecified atom stereocenters. The summed E-state index contributed by atoms with van der Waals surface area (Å²) in [6.45, 7) is 7.18. The Morgan fingerprint density at radius 3 is 2.39 bits per heavy atom. The summed E-state index contributed by atoms with van der Waals surface area (Å²) >= 11 is 0. The monoisotopic (exact) mass is 431 g/mol. The molecule has 1 spiro atoms. The molecule has 0 aromatic carbocycles. The summed E-state index contributed by atoms with van der Waals surface area (Å²) < 4.78 is 14.6. The molecule has 31 heavy (non-hydrogen) atoms. The zero-order valence-corrected chi connectivity index (χ0v) is 18.1. The van der Waals surface area contributed by atoms with Gasteiger partial charge >= 0.3 is 5.69 Å². The fourth-order valence-electron chi connectivity index (χ4n) is 4.32. The molecule has 0 saturated carbocycles. The number of hydrogen-bond acceptors (Lipinski definition) is 6. The molecule has 10 nitrogen and oxygen atoms in total. The number of imidazole rings is 1. The first kappa shape index (κ1) is 21.5. The quantitative estimate of drug-likeness (QED) is 0.739. The Morgan fingerprint density at radius 2 is 1.74 bits per heavy atom. The van der Waals surface area contributed by atoms with Crippen molar-refractivity contribution < 1.29 is 19.1 Å². The third-order valence-corrected chi connectivity index (χ3v) is 6.02. The Morgan fingerprint density at radius 1 is 1.06 bits per heavy atom. The van der Waals surface area contributed by atoms with Crippen molar-refractivity contribution in [3.63, 3.8) is 0 Å². The molecule has 2 aromatic heterocycles. The first-order valence-corrected chi connectivity index (χ1v) is 10.9. The normalized spacial score (nSPS) is 18.1. The van der Waals surface area contributed by atoms with Crippen molar-refractivity contribution in [3.05, 3.63) is 22.6 Å². The molecular formula is C21H29N5O5. The molecule has 4 heterocycles. The number of hydrogen-bond donors (Lipinski definition) is 1. The molecule has 4 rings (SSSR count).